The lowest BCUT2D eigenvalue weighted by Crippen LogP contribution is -2.54. The molecule has 0 amide bonds. The third kappa shape index (κ3) is 2.63. The molecule has 1 heterocycles. The van der Waals surface area contributed by atoms with Crippen molar-refractivity contribution in [2.75, 3.05) is 26.4 Å². The molecule has 0 aromatic heterocycles. The van der Waals surface area contributed by atoms with Crippen LogP contribution in [0.3, 0.4) is 0 Å². The van der Waals surface area contributed by atoms with E-state index in [2.05, 4.69) is 0 Å². The van der Waals surface area contributed by atoms with Gasteiger partial charge in [0.15, 0.2) is 5.79 Å². The summed E-state index contributed by atoms with van der Waals surface area (Å²) >= 11 is 0. The van der Waals surface area contributed by atoms with Crippen LogP contribution < -0.4 is 0 Å². The molecule has 4 heteroatoms. The highest BCUT2D eigenvalue weighted by Crippen LogP contribution is 2.50. The van der Waals surface area contributed by atoms with Crippen molar-refractivity contribution in [1.82, 2.24) is 0 Å². The molecule has 0 radical (unpaired) electrons. The summed E-state index contributed by atoms with van der Waals surface area (Å²) in [6.07, 6.45) is 9.59. The first-order chi connectivity index (χ1) is 9.66. The van der Waals surface area contributed by atoms with E-state index < -0.39 is 0 Å². The second-order valence-corrected chi connectivity index (χ2v) is 7.40. The monoisotopic (exact) mass is 284 g/mol. The molecule has 2 N–H and O–H groups in total. The molecule has 116 valence electrons. The van der Waals surface area contributed by atoms with Crippen LogP contribution >= 0.6 is 0 Å². The SMILES string of the molecule is OCC1(CO)CCCC2(COC3(CCCCC3)OC2)C1. The Labute approximate surface area is 121 Å². The van der Waals surface area contributed by atoms with Crippen molar-refractivity contribution in [1.29, 1.82) is 0 Å². The van der Waals surface area contributed by atoms with Gasteiger partial charge >= 0.3 is 0 Å². The molecule has 0 aromatic carbocycles. The van der Waals surface area contributed by atoms with Gasteiger partial charge in [0, 0.05) is 23.7 Å². The molecule has 0 atom stereocenters. The van der Waals surface area contributed by atoms with Crippen LogP contribution in [-0.4, -0.2) is 42.4 Å². The van der Waals surface area contributed by atoms with Crippen molar-refractivity contribution >= 4 is 0 Å². The molecule has 0 aromatic rings. The van der Waals surface area contributed by atoms with Gasteiger partial charge in [0.25, 0.3) is 0 Å². The lowest BCUT2D eigenvalue weighted by atomic mass is 9.62. The maximum Gasteiger partial charge on any atom is 0.168 e. The van der Waals surface area contributed by atoms with Gasteiger partial charge < -0.3 is 19.7 Å². The maximum atomic E-state index is 9.66. The van der Waals surface area contributed by atoms with Gasteiger partial charge in [-0.15, -0.1) is 0 Å². The van der Waals surface area contributed by atoms with E-state index in [1.807, 2.05) is 0 Å². The Morgan fingerprint density at radius 2 is 1.40 bits per heavy atom. The summed E-state index contributed by atoms with van der Waals surface area (Å²) in [6, 6.07) is 0. The molecule has 3 fully saturated rings. The Morgan fingerprint density at radius 3 is 2.00 bits per heavy atom. The minimum absolute atomic E-state index is 0.00636. The second kappa shape index (κ2) is 5.56. The van der Waals surface area contributed by atoms with E-state index in [1.165, 1.54) is 19.3 Å². The van der Waals surface area contributed by atoms with E-state index in [4.69, 9.17) is 9.47 Å². The average molecular weight is 284 g/mol. The fraction of sp³-hybridized carbons (Fsp3) is 1.00. The molecule has 3 aliphatic rings. The van der Waals surface area contributed by atoms with E-state index in [0.717, 1.165) is 51.7 Å². The zero-order chi connectivity index (χ0) is 14.1. The van der Waals surface area contributed by atoms with Crippen LogP contribution in [0.4, 0.5) is 0 Å². The van der Waals surface area contributed by atoms with Crippen molar-refractivity contribution in [3.05, 3.63) is 0 Å². The fourth-order valence-electron chi connectivity index (χ4n) is 4.41. The molecule has 2 aliphatic carbocycles. The van der Waals surface area contributed by atoms with E-state index in [1.54, 1.807) is 0 Å². The predicted molar refractivity (Wildman–Crippen MR) is 75.2 cm³/mol. The number of hydrogen-bond acceptors (Lipinski definition) is 4. The highest BCUT2D eigenvalue weighted by atomic mass is 16.7. The maximum absolute atomic E-state index is 9.66. The van der Waals surface area contributed by atoms with Crippen LogP contribution in [0.25, 0.3) is 0 Å². The van der Waals surface area contributed by atoms with Gasteiger partial charge in [-0.1, -0.05) is 12.8 Å². The topological polar surface area (TPSA) is 58.9 Å². The van der Waals surface area contributed by atoms with Gasteiger partial charge in [-0.3, -0.25) is 0 Å². The van der Waals surface area contributed by atoms with Crippen molar-refractivity contribution in [2.45, 2.75) is 63.6 Å². The molecule has 1 aliphatic heterocycles. The Morgan fingerprint density at radius 1 is 0.750 bits per heavy atom. The third-order valence-corrected chi connectivity index (χ3v) is 5.73. The molecule has 4 nitrogen and oxygen atoms in total. The molecular weight excluding hydrogens is 256 g/mol. The molecular formula is C16H28O4. The van der Waals surface area contributed by atoms with Crippen LogP contribution in [0.2, 0.25) is 0 Å². The number of hydrogen-bond donors (Lipinski definition) is 2. The van der Waals surface area contributed by atoms with Crippen molar-refractivity contribution in [3.8, 4) is 0 Å². The summed E-state index contributed by atoms with van der Waals surface area (Å²) in [4.78, 5) is 0. The minimum Gasteiger partial charge on any atom is -0.396 e. The molecule has 2 spiro atoms. The predicted octanol–water partition coefficient (Wildman–Crippen LogP) is 2.22. The Bertz CT molecular complexity index is 321. The van der Waals surface area contributed by atoms with Crippen LogP contribution in [-0.2, 0) is 9.47 Å². The number of aliphatic hydroxyl groups excluding tert-OH is 2. The number of ether oxygens (including phenoxy) is 2. The van der Waals surface area contributed by atoms with Crippen LogP contribution in [0.15, 0.2) is 0 Å². The van der Waals surface area contributed by atoms with E-state index >= 15 is 0 Å². The van der Waals surface area contributed by atoms with E-state index in [9.17, 15) is 10.2 Å². The highest BCUT2D eigenvalue weighted by Gasteiger charge is 2.50. The molecule has 0 unspecified atom stereocenters. The normalized spacial score (nSPS) is 31.5. The first kappa shape index (κ1) is 14.8. The Kier molecular flexibility index (Phi) is 4.10. The van der Waals surface area contributed by atoms with Gasteiger partial charge in [0.2, 0.25) is 0 Å². The lowest BCUT2D eigenvalue weighted by molar-refractivity contribution is -0.323. The summed E-state index contributed by atoms with van der Waals surface area (Å²) in [6.45, 7) is 1.59. The van der Waals surface area contributed by atoms with Gasteiger partial charge in [0.1, 0.15) is 0 Å². The third-order valence-electron chi connectivity index (χ3n) is 5.73. The average Bonchev–Trinajstić information content (AvgIpc) is 2.52. The standard InChI is InChI=1S/C16H28O4/c17-10-14(11-18)5-4-6-15(9-14)12-19-16(20-13-15)7-2-1-3-8-16/h17-18H,1-13H2. The summed E-state index contributed by atoms with van der Waals surface area (Å²) in [5.74, 6) is -0.317. The van der Waals surface area contributed by atoms with Crippen molar-refractivity contribution < 1.29 is 19.7 Å². The molecule has 1 saturated heterocycles. The van der Waals surface area contributed by atoms with E-state index in [0.29, 0.717) is 0 Å². The summed E-state index contributed by atoms with van der Waals surface area (Å²) < 4.78 is 12.4. The summed E-state index contributed by atoms with van der Waals surface area (Å²) in [5.41, 5.74) is -0.325. The fourth-order valence-corrected chi connectivity index (χ4v) is 4.41. The molecule has 20 heavy (non-hydrogen) atoms. The van der Waals surface area contributed by atoms with Crippen LogP contribution in [0, 0.1) is 10.8 Å². The molecule has 2 saturated carbocycles. The van der Waals surface area contributed by atoms with Gasteiger partial charge in [-0.05, 0) is 32.1 Å². The summed E-state index contributed by atoms with van der Waals surface area (Å²) in [5, 5.41) is 19.3. The second-order valence-electron chi connectivity index (χ2n) is 7.40. The molecule has 0 bridgehead atoms. The zero-order valence-electron chi connectivity index (χ0n) is 12.4. The first-order valence-corrected chi connectivity index (χ1v) is 8.15. The van der Waals surface area contributed by atoms with Crippen molar-refractivity contribution in [3.63, 3.8) is 0 Å². The number of rotatable bonds is 2. The Balaban J connectivity index is 1.66. The Hall–Kier alpha value is -0.160. The van der Waals surface area contributed by atoms with Crippen LogP contribution in [0.1, 0.15) is 57.8 Å². The highest BCUT2D eigenvalue weighted by molar-refractivity contribution is 4.97. The summed E-state index contributed by atoms with van der Waals surface area (Å²) in [7, 11) is 0. The largest absolute Gasteiger partial charge is 0.396 e. The van der Waals surface area contributed by atoms with E-state index in [-0.39, 0.29) is 29.8 Å². The van der Waals surface area contributed by atoms with Gasteiger partial charge in [-0.2, -0.15) is 0 Å². The van der Waals surface area contributed by atoms with Crippen LogP contribution in [0.5, 0.6) is 0 Å². The smallest absolute Gasteiger partial charge is 0.168 e. The minimum atomic E-state index is -0.331. The van der Waals surface area contributed by atoms with Gasteiger partial charge in [-0.25, -0.2) is 0 Å². The quantitative estimate of drug-likeness (QED) is 0.816. The lowest BCUT2D eigenvalue weighted by Gasteiger charge is -2.53. The first-order valence-electron chi connectivity index (χ1n) is 8.15. The van der Waals surface area contributed by atoms with Crippen molar-refractivity contribution in [2.24, 2.45) is 10.8 Å². The van der Waals surface area contributed by atoms with Gasteiger partial charge in [0.05, 0.1) is 26.4 Å². The number of aliphatic hydroxyl groups is 2. The molecule has 3 rings (SSSR count). The zero-order valence-corrected chi connectivity index (χ0v) is 12.4.